The van der Waals surface area contributed by atoms with Gasteiger partial charge in [0.05, 0.1) is 0 Å². The highest BCUT2D eigenvalue weighted by molar-refractivity contribution is 5.46. The van der Waals surface area contributed by atoms with E-state index in [1.165, 1.54) is 30.4 Å². The molecule has 0 atom stereocenters. The standard InChI is InChI=1S/C10H14/c1-3-4-7-10-8-5-6-9(10)2/h5-6,8H,2-4,7H2,1H3. The minimum Gasteiger partial charge on any atom is -0.0915 e. The van der Waals surface area contributed by atoms with Crippen molar-refractivity contribution in [3.8, 4) is 0 Å². The van der Waals surface area contributed by atoms with Crippen LogP contribution in [0.25, 0.3) is 0 Å². The summed E-state index contributed by atoms with van der Waals surface area (Å²) >= 11 is 0. The van der Waals surface area contributed by atoms with Gasteiger partial charge in [-0.1, -0.05) is 38.2 Å². The summed E-state index contributed by atoms with van der Waals surface area (Å²) in [5, 5.41) is 0. The van der Waals surface area contributed by atoms with E-state index < -0.39 is 0 Å². The van der Waals surface area contributed by atoms with Crippen LogP contribution in [0.2, 0.25) is 0 Å². The molecule has 0 aromatic carbocycles. The molecular weight excluding hydrogens is 120 g/mol. The van der Waals surface area contributed by atoms with E-state index in [0.29, 0.717) is 0 Å². The second-order valence-electron chi connectivity index (χ2n) is 2.68. The summed E-state index contributed by atoms with van der Waals surface area (Å²) in [5.74, 6) is 0. The van der Waals surface area contributed by atoms with Crippen molar-refractivity contribution in [1.82, 2.24) is 0 Å². The van der Waals surface area contributed by atoms with Gasteiger partial charge in [-0.25, -0.2) is 0 Å². The van der Waals surface area contributed by atoms with Gasteiger partial charge in [0.1, 0.15) is 0 Å². The van der Waals surface area contributed by atoms with Crippen molar-refractivity contribution in [2.24, 2.45) is 0 Å². The molecule has 0 nitrogen and oxygen atoms in total. The van der Waals surface area contributed by atoms with Gasteiger partial charge in [0, 0.05) is 0 Å². The fourth-order valence-electron chi connectivity index (χ4n) is 1.11. The highest BCUT2D eigenvalue weighted by Gasteiger charge is 2.01. The summed E-state index contributed by atoms with van der Waals surface area (Å²) in [5.41, 5.74) is 2.62. The summed E-state index contributed by atoms with van der Waals surface area (Å²) in [6.07, 6.45) is 10.1. The predicted octanol–water partition coefficient (Wildman–Crippen LogP) is 3.23. The van der Waals surface area contributed by atoms with E-state index in [4.69, 9.17) is 0 Å². The number of hydrogen-bond acceptors (Lipinski definition) is 0. The van der Waals surface area contributed by atoms with Crippen LogP contribution in [-0.2, 0) is 0 Å². The maximum Gasteiger partial charge on any atom is -0.0273 e. The zero-order valence-electron chi connectivity index (χ0n) is 6.56. The normalized spacial score (nSPS) is 16.1. The minimum atomic E-state index is 1.20. The summed E-state index contributed by atoms with van der Waals surface area (Å²) in [6, 6.07) is 0. The molecule has 54 valence electrons. The van der Waals surface area contributed by atoms with Crippen molar-refractivity contribution in [1.29, 1.82) is 0 Å². The largest absolute Gasteiger partial charge is 0.0915 e. The molecule has 0 spiro atoms. The lowest BCUT2D eigenvalue weighted by Crippen LogP contribution is -1.81. The van der Waals surface area contributed by atoms with Crippen molar-refractivity contribution >= 4 is 0 Å². The van der Waals surface area contributed by atoms with Gasteiger partial charge in [-0.15, -0.1) is 0 Å². The molecule has 0 bridgehead atoms. The van der Waals surface area contributed by atoms with E-state index in [9.17, 15) is 0 Å². The minimum absolute atomic E-state index is 1.20. The van der Waals surface area contributed by atoms with Crippen molar-refractivity contribution in [3.05, 3.63) is 36.0 Å². The van der Waals surface area contributed by atoms with Crippen LogP contribution in [0.5, 0.6) is 0 Å². The first-order valence-corrected chi connectivity index (χ1v) is 3.91. The second kappa shape index (κ2) is 3.40. The molecule has 0 aliphatic heterocycles. The number of rotatable bonds is 3. The Kier molecular flexibility index (Phi) is 2.49. The van der Waals surface area contributed by atoms with Crippen LogP contribution in [0.3, 0.4) is 0 Å². The Labute approximate surface area is 62.9 Å². The van der Waals surface area contributed by atoms with Crippen LogP contribution >= 0.6 is 0 Å². The highest BCUT2D eigenvalue weighted by Crippen LogP contribution is 2.21. The summed E-state index contributed by atoms with van der Waals surface area (Å²) in [6.45, 7) is 6.15. The fourth-order valence-corrected chi connectivity index (χ4v) is 1.11. The molecule has 0 fully saturated rings. The third-order valence-corrected chi connectivity index (χ3v) is 1.81. The zero-order chi connectivity index (χ0) is 7.40. The van der Waals surface area contributed by atoms with Crippen molar-refractivity contribution in [3.63, 3.8) is 0 Å². The number of allylic oxidation sites excluding steroid dienone is 5. The molecule has 10 heavy (non-hydrogen) atoms. The molecule has 0 aromatic rings. The third-order valence-electron chi connectivity index (χ3n) is 1.81. The molecule has 0 unspecified atom stereocenters. The van der Waals surface area contributed by atoms with Gasteiger partial charge in [0.2, 0.25) is 0 Å². The highest BCUT2D eigenvalue weighted by atomic mass is 14.1. The van der Waals surface area contributed by atoms with Crippen LogP contribution in [-0.4, -0.2) is 0 Å². The smallest absolute Gasteiger partial charge is 0.0273 e. The Morgan fingerprint density at radius 2 is 2.30 bits per heavy atom. The van der Waals surface area contributed by atoms with Crippen molar-refractivity contribution < 1.29 is 0 Å². The lowest BCUT2D eigenvalue weighted by Gasteiger charge is -2.00. The molecule has 1 rings (SSSR count). The maximum absolute atomic E-state index is 3.93. The SMILES string of the molecule is C=C1C=CC=C1CCCC. The Morgan fingerprint density at radius 3 is 2.80 bits per heavy atom. The molecule has 0 saturated carbocycles. The monoisotopic (exact) mass is 134 g/mol. The van der Waals surface area contributed by atoms with E-state index >= 15 is 0 Å². The molecule has 0 N–H and O–H groups in total. The van der Waals surface area contributed by atoms with Gasteiger partial charge in [-0.2, -0.15) is 0 Å². The predicted molar refractivity (Wildman–Crippen MR) is 45.9 cm³/mol. The van der Waals surface area contributed by atoms with E-state index in [0.717, 1.165) is 0 Å². The molecular formula is C10H14. The molecule has 0 saturated heterocycles. The van der Waals surface area contributed by atoms with E-state index in [1.807, 2.05) is 0 Å². The molecule has 0 aromatic heterocycles. The summed E-state index contributed by atoms with van der Waals surface area (Å²) in [7, 11) is 0. The van der Waals surface area contributed by atoms with Crippen LogP contribution < -0.4 is 0 Å². The van der Waals surface area contributed by atoms with Crippen molar-refractivity contribution in [2.75, 3.05) is 0 Å². The van der Waals surface area contributed by atoms with E-state index in [-0.39, 0.29) is 0 Å². The number of hydrogen-bond donors (Lipinski definition) is 0. The summed E-state index contributed by atoms with van der Waals surface area (Å²) < 4.78 is 0. The zero-order valence-corrected chi connectivity index (χ0v) is 6.56. The second-order valence-corrected chi connectivity index (χ2v) is 2.68. The first kappa shape index (κ1) is 7.33. The van der Waals surface area contributed by atoms with Gasteiger partial charge >= 0.3 is 0 Å². The Hall–Kier alpha value is -0.780. The first-order valence-electron chi connectivity index (χ1n) is 3.91. The van der Waals surface area contributed by atoms with Gasteiger partial charge < -0.3 is 0 Å². The average molecular weight is 134 g/mol. The molecule has 0 amide bonds. The van der Waals surface area contributed by atoms with Crippen LogP contribution in [0, 0.1) is 0 Å². The molecule has 0 heteroatoms. The van der Waals surface area contributed by atoms with Gasteiger partial charge in [-0.3, -0.25) is 0 Å². The quantitative estimate of drug-likeness (QED) is 0.556. The molecule has 1 aliphatic rings. The van der Waals surface area contributed by atoms with Gasteiger partial charge in [0.15, 0.2) is 0 Å². The molecule has 0 radical (unpaired) electrons. The Balaban J connectivity index is 2.37. The van der Waals surface area contributed by atoms with Crippen LogP contribution in [0.1, 0.15) is 26.2 Å². The number of unbranched alkanes of at least 4 members (excludes halogenated alkanes) is 1. The Morgan fingerprint density at radius 1 is 1.50 bits per heavy atom. The van der Waals surface area contributed by atoms with Gasteiger partial charge in [0.25, 0.3) is 0 Å². The average Bonchev–Trinajstić information content (AvgIpc) is 2.31. The lowest BCUT2D eigenvalue weighted by atomic mass is 10.1. The van der Waals surface area contributed by atoms with Gasteiger partial charge in [-0.05, 0) is 24.0 Å². The van der Waals surface area contributed by atoms with E-state index in [2.05, 4.69) is 31.7 Å². The van der Waals surface area contributed by atoms with Crippen molar-refractivity contribution in [2.45, 2.75) is 26.2 Å². The van der Waals surface area contributed by atoms with E-state index in [1.54, 1.807) is 0 Å². The Bertz CT molecular complexity index is 182. The van der Waals surface area contributed by atoms with Crippen LogP contribution in [0.4, 0.5) is 0 Å². The molecule has 1 aliphatic carbocycles. The molecule has 0 heterocycles. The fraction of sp³-hybridized carbons (Fsp3) is 0.400. The third kappa shape index (κ3) is 1.60. The topological polar surface area (TPSA) is 0 Å². The maximum atomic E-state index is 3.93. The first-order chi connectivity index (χ1) is 4.84. The summed E-state index contributed by atoms with van der Waals surface area (Å²) in [4.78, 5) is 0. The van der Waals surface area contributed by atoms with Crippen LogP contribution in [0.15, 0.2) is 36.0 Å². The lowest BCUT2D eigenvalue weighted by molar-refractivity contribution is 0.796.